The molecule has 1 rings (SSSR count). The first-order chi connectivity index (χ1) is 7.61. The fraction of sp³-hybridized carbons (Fsp3) is 0.357. The van der Waals surface area contributed by atoms with Crippen LogP contribution in [0.1, 0.15) is 25.8 Å². The largest absolute Gasteiger partial charge is 0.497 e. The minimum atomic E-state index is 0.118. The number of methoxy groups -OCH3 is 1. The van der Waals surface area contributed by atoms with Gasteiger partial charge in [-0.25, -0.2) is 0 Å². The number of aryl methyl sites for hydroxylation is 1. The van der Waals surface area contributed by atoms with Crippen LogP contribution in [0.2, 0.25) is 0 Å². The highest BCUT2D eigenvalue weighted by Crippen LogP contribution is 2.14. The van der Waals surface area contributed by atoms with Gasteiger partial charge in [0.05, 0.1) is 7.11 Å². The Morgan fingerprint density at radius 3 is 2.38 bits per heavy atom. The Morgan fingerprint density at radius 1 is 1.25 bits per heavy atom. The van der Waals surface area contributed by atoms with Gasteiger partial charge in [-0.3, -0.25) is 4.79 Å². The quantitative estimate of drug-likeness (QED) is 0.709. The molecule has 0 radical (unpaired) electrons. The zero-order valence-corrected chi connectivity index (χ0v) is 10.1. The minimum Gasteiger partial charge on any atom is -0.497 e. The standard InChI is InChI=1S/C14H18O2/c1-11(10-12(2)15)4-5-13-6-8-14(16-3)9-7-13/h6-10H,4-5H2,1-3H3/b11-10+. The van der Waals surface area contributed by atoms with Crippen LogP contribution in [0.5, 0.6) is 5.75 Å². The van der Waals surface area contributed by atoms with E-state index in [-0.39, 0.29) is 5.78 Å². The van der Waals surface area contributed by atoms with Gasteiger partial charge in [-0.2, -0.15) is 0 Å². The van der Waals surface area contributed by atoms with Crippen LogP contribution in [0, 0.1) is 0 Å². The molecule has 16 heavy (non-hydrogen) atoms. The van der Waals surface area contributed by atoms with Gasteiger partial charge >= 0.3 is 0 Å². The maximum atomic E-state index is 10.9. The molecule has 0 amide bonds. The van der Waals surface area contributed by atoms with Gasteiger partial charge in [-0.05, 0) is 50.5 Å². The fourth-order valence-electron chi connectivity index (χ4n) is 1.55. The summed E-state index contributed by atoms with van der Waals surface area (Å²) in [7, 11) is 1.66. The van der Waals surface area contributed by atoms with Gasteiger partial charge in [0, 0.05) is 0 Å². The van der Waals surface area contributed by atoms with Crippen molar-refractivity contribution in [2.75, 3.05) is 7.11 Å². The van der Waals surface area contributed by atoms with Crippen LogP contribution in [0.3, 0.4) is 0 Å². The van der Waals surface area contributed by atoms with E-state index in [4.69, 9.17) is 4.74 Å². The van der Waals surface area contributed by atoms with Crippen molar-refractivity contribution in [2.45, 2.75) is 26.7 Å². The number of benzene rings is 1. The molecule has 1 aromatic rings. The summed E-state index contributed by atoms with van der Waals surface area (Å²) in [6.07, 6.45) is 3.58. The van der Waals surface area contributed by atoms with E-state index >= 15 is 0 Å². The number of carbonyl (C=O) groups excluding carboxylic acids is 1. The average Bonchev–Trinajstić information content (AvgIpc) is 2.26. The summed E-state index contributed by atoms with van der Waals surface area (Å²) in [5.74, 6) is 0.993. The Kier molecular flexibility index (Phi) is 4.77. The van der Waals surface area contributed by atoms with E-state index in [1.54, 1.807) is 20.1 Å². The Morgan fingerprint density at radius 2 is 1.88 bits per heavy atom. The molecule has 0 bridgehead atoms. The number of rotatable bonds is 5. The third-order valence-electron chi connectivity index (χ3n) is 2.42. The normalized spacial score (nSPS) is 11.3. The number of hydrogen-bond donors (Lipinski definition) is 0. The summed E-state index contributed by atoms with van der Waals surface area (Å²) in [4.78, 5) is 10.9. The van der Waals surface area contributed by atoms with Crippen LogP contribution in [0.25, 0.3) is 0 Å². The number of ketones is 1. The molecule has 2 heteroatoms. The molecule has 86 valence electrons. The molecule has 0 aromatic heterocycles. The Hall–Kier alpha value is -1.57. The van der Waals surface area contributed by atoms with E-state index in [2.05, 4.69) is 12.1 Å². The zero-order valence-electron chi connectivity index (χ0n) is 10.1. The highest BCUT2D eigenvalue weighted by Gasteiger charge is 1.97. The first kappa shape index (κ1) is 12.5. The van der Waals surface area contributed by atoms with Crippen molar-refractivity contribution in [3.05, 3.63) is 41.5 Å². The molecule has 0 atom stereocenters. The molecular weight excluding hydrogens is 200 g/mol. The molecule has 0 aliphatic heterocycles. The van der Waals surface area contributed by atoms with Crippen LogP contribution >= 0.6 is 0 Å². The highest BCUT2D eigenvalue weighted by molar-refractivity contribution is 5.87. The molecule has 0 saturated heterocycles. The van der Waals surface area contributed by atoms with Crippen LogP contribution in [-0.4, -0.2) is 12.9 Å². The Balaban J connectivity index is 2.51. The molecule has 1 aromatic carbocycles. The minimum absolute atomic E-state index is 0.118. The maximum absolute atomic E-state index is 10.9. The molecule has 0 saturated carbocycles. The SMILES string of the molecule is COc1ccc(CC/C(C)=C/C(C)=O)cc1. The lowest BCUT2D eigenvalue weighted by atomic mass is 10.0. The lowest BCUT2D eigenvalue weighted by Crippen LogP contribution is -1.90. The first-order valence-corrected chi connectivity index (χ1v) is 5.42. The second-order valence-corrected chi connectivity index (χ2v) is 3.95. The Bertz CT molecular complexity index is 374. The van der Waals surface area contributed by atoms with Gasteiger partial charge in [0.2, 0.25) is 0 Å². The zero-order chi connectivity index (χ0) is 12.0. The van der Waals surface area contributed by atoms with Crippen molar-refractivity contribution in [3.8, 4) is 5.75 Å². The molecule has 0 aliphatic carbocycles. The van der Waals surface area contributed by atoms with Crippen LogP contribution < -0.4 is 4.74 Å². The van der Waals surface area contributed by atoms with Crippen molar-refractivity contribution >= 4 is 5.78 Å². The van der Waals surface area contributed by atoms with Crippen LogP contribution in [0.15, 0.2) is 35.9 Å². The average molecular weight is 218 g/mol. The molecular formula is C14H18O2. The smallest absolute Gasteiger partial charge is 0.152 e. The summed E-state index contributed by atoms with van der Waals surface area (Å²) in [5, 5.41) is 0. The number of allylic oxidation sites excluding steroid dienone is 2. The molecule has 0 fully saturated rings. The summed E-state index contributed by atoms with van der Waals surface area (Å²) in [5.41, 5.74) is 2.39. The van der Waals surface area contributed by atoms with Crippen molar-refractivity contribution in [1.82, 2.24) is 0 Å². The van der Waals surface area contributed by atoms with E-state index in [9.17, 15) is 4.79 Å². The third kappa shape index (κ3) is 4.30. The van der Waals surface area contributed by atoms with Crippen molar-refractivity contribution in [3.63, 3.8) is 0 Å². The van der Waals surface area contributed by atoms with Crippen LogP contribution in [-0.2, 0) is 11.2 Å². The van der Waals surface area contributed by atoms with Crippen molar-refractivity contribution in [2.24, 2.45) is 0 Å². The first-order valence-electron chi connectivity index (χ1n) is 5.42. The Labute approximate surface area is 96.9 Å². The van der Waals surface area contributed by atoms with Gasteiger partial charge in [-0.1, -0.05) is 17.7 Å². The number of hydrogen-bond acceptors (Lipinski definition) is 2. The van der Waals surface area contributed by atoms with E-state index in [1.165, 1.54) is 5.56 Å². The molecule has 0 aliphatic rings. The third-order valence-corrected chi connectivity index (χ3v) is 2.42. The number of carbonyl (C=O) groups is 1. The second-order valence-electron chi connectivity index (χ2n) is 3.95. The summed E-state index contributed by atoms with van der Waals surface area (Å²) < 4.78 is 5.09. The fourth-order valence-corrected chi connectivity index (χ4v) is 1.55. The second kappa shape index (κ2) is 6.11. The lowest BCUT2D eigenvalue weighted by molar-refractivity contribution is -0.112. The highest BCUT2D eigenvalue weighted by atomic mass is 16.5. The van der Waals surface area contributed by atoms with Gasteiger partial charge < -0.3 is 4.74 Å². The van der Waals surface area contributed by atoms with Crippen molar-refractivity contribution < 1.29 is 9.53 Å². The molecule has 0 spiro atoms. The summed E-state index contributed by atoms with van der Waals surface area (Å²) >= 11 is 0. The van der Waals surface area contributed by atoms with E-state index in [0.29, 0.717) is 0 Å². The van der Waals surface area contributed by atoms with Crippen LogP contribution in [0.4, 0.5) is 0 Å². The topological polar surface area (TPSA) is 26.3 Å². The van der Waals surface area contributed by atoms with Gasteiger partial charge in [0.25, 0.3) is 0 Å². The molecule has 0 unspecified atom stereocenters. The predicted octanol–water partition coefficient (Wildman–Crippen LogP) is 3.16. The van der Waals surface area contributed by atoms with Crippen molar-refractivity contribution in [1.29, 1.82) is 0 Å². The van der Waals surface area contributed by atoms with Gasteiger partial charge in [-0.15, -0.1) is 0 Å². The summed E-state index contributed by atoms with van der Waals surface area (Å²) in [6, 6.07) is 8.03. The molecule has 2 nitrogen and oxygen atoms in total. The summed E-state index contributed by atoms with van der Waals surface area (Å²) in [6.45, 7) is 3.57. The predicted molar refractivity (Wildman–Crippen MR) is 65.8 cm³/mol. The van der Waals surface area contributed by atoms with Gasteiger partial charge in [0.15, 0.2) is 5.78 Å². The van der Waals surface area contributed by atoms with E-state index < -0.39 is 0 Å². The van der Waals surface area contributed by atoms with E-state index in [0.717, 1.165) is 24.2 Å². The van der Waals surface area contributed by atoms with Gasteiger partial charge in [0.1, 0.15) is 5.75 Å². The maximum Gasteiger partial charge on any atom is 0.152 e. The molecule has 0 heterocycles. The molecule has 0 N–H and O–H groups in total. The monoisotopic (exact) mass is 218 g/mol. The lowest BCUT2D eigenvalue weighted by Gasteiger charge is -2.03. The van der Waals surface area contributed by atoms with E-state index in [1.807, 2.05) is 19.1 Å². The number of ether oxygens (including phenoxy) is 1.